The van der Waals surface area contributed by atoms with Crippen molar-refractivity contribution >= 4 is 5.69 Å². The molecular formula is C13H13N3O. The smallest absolute Gasteiger partial charge is 0.274 e. The highest BCUT2D eigenvalue weighted by molar-refractivity contribution is 5.67. The Bertz CT molecular complexity index is 618. The molecule has 4 heteroatoms. The Balaban J connectivity index is 2.12. The van der Waals surface area contributed by atoms with E-state index in [9.17, 15) is 4.79 Å². The number of aromatic nitrogens is 2. The van der Waals surface area contributed by atoms with Gasteiger partial charge in [0.05, 0.1) is 0 Å². The number of fused-ring (bicyclic) bond motifs is 1. The minimum atomic E-state index is -0.140. The van der Waals surface area contributed by atoms with Gasteiger partial charge in [-0.2, -0.15) is 0 Å². The van der Waals surface area contributed by atoms with Gasteiger partial charge in [0.15, 0.2) is 0 Å². The Hall–Kier alpha value is -2.10. The first kappa shape index (κ1) is 10.1. The summed E-state index contributed by atoms with van der Waals surface area (Å²) in [4.78, 5) is 20.7. The summed E-state index contributed by atoms with van der Waals surface area (Å²) in [6.45, 7) is 1.04. The van der Waals surface area contributed by atoms with Crippen molar-refractivity contribution in [2.24, 2.45) is 0 Å². The SMILES string of the molecule is CN1CCc2cc(-c3ncc[nH]c3=O)ccc21. The number of rotatable bonds is 1. The highest BCUT2D eigenvalue weighted by atomic mass is 16.1. The Labute approximate surface area is 98.9 Å². The summed E-state index contributed by atoms with van der Waals surface area (Å²) in [5, 5.41) is 0. The summed E-state index contributed by atoms with van der Waals surface area (Å²) < 4.78 is 0. The molecule has 17 heavy (non-hydrogen) atoms. The summed E-state index contributed by atoms with van der Waals surface area (Å²) in [5.41, 5.74) is 3.78. The van der Waals surface area contributed by atoms with Gasteiger partial charge in [-0.3, -0.25) is 4.79 Å². The third kappa shape index (κ3) is 1.62. The molecule has 4 nitrogen and oxygen atoms in total. The van der Waals surface area contributed by atoms with Crippen molar-refractivity contribution in [2.75, 3.05) is 18.5 Å². The van der Waals surface area contributed by atoms with E-state index in [2.05, 4.69) is 34.0 Å². The Morgan fingerprint density at radius 3 is 3.12 bits per heavy atom. The number of nitrogens with zero attached hydrogens (tertiary/aromatic N) is 2. The molecule has 2 aromatic rings. The van der Waals surface area contributed by atoms with Crippen LogP contribution in [0.5, 0.6) is 0 Å². The van der Waals surface area contributed by atoms with Crippen LogP contribution >= 0.6 is 0 Å². The fourth-order valence-corrected chi connectivity index (χ4v) is 2.27. The minimum Gasteiger partial charge on any atom is -0.374 e. The lowest BCUT2D eigenvalue weighted by Crippen LogP contribution is -2.12. The molecule has 86 valence electrons. The number of nitrogens with one attached hydrogen (secondary N) is 1. The summed E-state index contributed by atoms with van der Waals surface area (Å²) >= 11 is 0. The van der Waals surface area contributed by atoms with Crippen molar-refractivity contribution in [1.29, 1.82) is 0 Å². The highest BCUT2D eigenvalue weighted by Gasteiger charge is 2.16. The van der Waals surface area contributed by atoms with Crippen LogP contribution in [0.3, 0.4) is 0 Å². The second-order valence-corrected chi connectivity index (χ2v) is 4.28. The van der Waals surface area contributed by atoms with Gasteiger partial charge in [0.2, 0.25) is 0 Å². The molecule has 0 aliphatic carbocycles. The standard InChI is InChI=1S/C13H13N3O/c1-16-7-4-9-8-10(2-3-11(9)16)12-13(17)15-6-5-14-12/h2-3,5-6,8H,4,7H2,1H3,(H,15,17). The molecule has 3 rings (SSSR count). The number of anilines is 1. The maximum Gasteiger partial charge on any atom is 0.274 e. The topological polar surface area (TPSA) is 49.0 Å². The number of benzene rings is 1. The van der Waals surface area contributed by atoms with Crippen LogP contribution in [-0.2, 0) is 6.42 Å². The van der Waals surface area contributed by atoms with Gasteiger partial charge in [-0.25, -0.2) is 4.98 Å². The molecule has 1 aliphatic heterocycles. The predicted octanol–water partition coefficient (Wildman–Crippen LogP) is 1.43. The Morgan fingerprint density at radius 2 is 2.29 bits per heavy atom. The molecule has 1 aromatic carbocycles. The molecule has 1 N–H and O–H groups in total. The van der Waals surface area contributed by atoms with Crippen LogP contribution in [0.25, 0.3) is 11.3 Å². The Morgan fingerprint density at radius 1 is 1.41 bits per heavy atom. The molecule has 0 radical (unpaired) electrons. The molecule has 0 atom stereocenters. The van der Waals surface area contributed by atoms with Gasteiger partial charge >= 0.3 is 0 Å². The maximum absolute atomic E-state index is 11.7. The lowest BCUT2D eigenvalue weighted by Gasteiger charge is -2.11. The molecule has 0 saturated heterocycles. The number of hydrogen-bond donors (Lipinski definition) is 1. The Kier molecular flexibility index (Phi) is 2.21. The number of aromatic amines is 1. The van der Waals surface area contributed by atoms with Gasteiger partial charge < -0.3 is 9.88 Å². The molecule has 0 unspecified atom stereocenters. The zero-order valence-corrected chi connectivity index (χ0v) is 9.60. The van der Waals surface area contributed by atoms with Gasteiger partial charge in [0.25, 0.3) is 5.56 Å². The average Bonchev–Trinajstić information content (AvgIpc) is 2.71. The molecule has 1 aliphatic rings. The lowest BCUT2D eigenvalue weighted by atomic mass is 10.1. The van der Waals surface area contributed by atoms with E-state index in [-0.39, 0.29) is 5.56 Å². The molecule has 0 bridgehead atoms. The van der Waals surface area contributed by atoms with E-state index in [0.717, 1.165) is 18.5 Å². The fraction of sp³-hybridized carbons (Fsp3) is 0.231. The summed E-state index contributed by atoms with van der Waals surface area (Å²) in [5.74, 6) is 0. The van der Waals surface area contributed by atoms with Gasteiger partial charge in [-0.15, -0.1) is 0 Å². The van der Waals surface area contributed by atoms with Crippen molar-refractivity contribution in [1.82, 2.24) is 9.97 Å². The molecular weight excluding hydrogens is 214 g/mol. The van der Waals surface area contributed by atoms with E-state index < -0.39 is 0 Å². The van der Waals surface area contributed by atoms with Crippen LogP contribution in [0.2, 0.25) is 0 Å². The van der Waals surface area contributed by atoms with E-state index in [1.807, 2.05) is 6.07 Å². The van der Waals surface area contributed by atoms with E-state index >= 15 is 0 Å². The van der Waals surface area contributed by atoms with Gasteiger partial charge in [0, 0.05) is 37.2 Å². The summed E-state index contributed by atoms with van der Waals surface area (Å²) in [6.07, 6.45) is 4.19. The summed E-state index contributed by atoms with van der Waals surface area (Å²) in [7, 11) is 2.08. The van der Waals surface area contributed by atoms with Crippen LogP contribution in [0.1, 0.15) is 5.56 Å². The monoisotopic (exact) mass is 227 g/mol. The van der Waals surface area contributed by atoms with Gasteiger partial charge in [-0.05, 0) is 24.1 Å². The largest absolute Gasteiger partial charge is 0.374 e. The normalized spacial score (nSPS) is 13.8. The van der Waals surface area contributed by atoms with E-state index in [1.54, 1.807) is 12.4 Å². The minimum absolute atomic E-state index is 0.140. The first-order valence-corrected chi connectivity index (χ1v) is 5.64. The third-order valence-corrected chi connectivity index (χ3v) is 3.19. The zero-order chi connectivity index (χ0) is 11.8. The van der Waals surface area contributed by atoms with E-state index in [4.69, 9.17) is 0 Å². The molecule has 1 aromatic heterocycles. The third-order valence-electron chi connectivity index (χ3n) is 3.19. The second kappa shape index (κ2) is 3.73. The number of likely N-dealkylation sites (N-methyl/N-ethyl adjacent to an activating group) is 1. The lowest BCUT2D eigenvalue weighted by molar-refractivity contribution is 0.956. The van der Waals surface area contributed by atoms with Crippen molar-refractivity contribution in [3.63, 3.8) is 0 Å². The molecule has 0 saturated carbocycles. The molecule has 0 amide bonds. The predicted molar refractivity (Wildman–Crippen MR) is 67.3 cm³/mol. The highest BCUT2D eigenvalue weighted by Crippen LogP contribution is 2.29. The second-order valence-electron chi connectivity index (χ2n) is 4.28. The van der Waals surface area contributed by atoms with Gasteiger partial charge in [-0.1, -0.05) is 6.07 Å². The first-order valence-electron chi connectivity index (χ1n) is 5.64. The van der Waals surface area contributed by atoms with Crippen molar-refractivity contribution in [2.45, 2.75) is 6.42 Å². The van der Waals surface area contributed by atoms with Crippen LogP contribution in [0, 0.1) is 0 Å². The van der Waals surface area contributed by atoms with Gasteiger partial charge in [0.1, 0.15) is 5.69 Å². The quantitative estimate of drug-likeness (QED) is 0.801. The van der Waals surface area contributed by atoms with Crippen LogP contribution < -0.4 is 10.5 Å². The zero-order valence-electron chi connectivity index (χ0n) is 9.60. The van der Waals surface area contributed by atoms with E-state index in [0.29, 0.717) is 5.69 Å². The number of hydrogen-bond acceptors (Lipinski definition) is 3. The van der Waals surface area contributed by atoms with E-state index in [1.165, 1.54) is 11.3 Å². The van der Waals surface area contributed by atoms with Crippen molar-refractivity contribution in [3.05, 3.63) is 46.5 Å². The molecule has 0 fully saturated rings. The van der Waals surface area contributed by atoms with Crippen molar-refractivity contribution < 1.29 is 0 Å². The average molecular weight is 227 g/mol. The van der Waals surface area contributed by atoms with Crippen LogP contribution in [0.15, 0.2) is 35.4 Å². The first-order chi connectivity index (χ1) is 8.25. The summed E-state index contributed by atoms with van der Waals surface area (Å²) in [6, 6.07) is 6.08. The molecule has 2 heterocycles. The fourth-order valence-electron chi connectivity index (χ4n) is 2.27. The van der Waals surface area contributed by atoms with Crippen molar-refractivity contribution in [3.8, 4) is 11.3 Å². The van der Waals surface area contributed by atoms with Crippen LogP contribution in [0.4, 0.5) is 5.69 Å². The molecule has 0 spiro atoms. The maximum atomic E-state index is 11.7. The van der Waals surface area contributed by atoms with Crippen LogP contribution in [-0.4, -0.2) is 23.6 Å². The number of H-pyrrole nitrogens is 1.